The number of aromatic nitrogens is 4. The van der Waals surface area contributed by atoms with Crippen LogP contribution < -0.4 is 10.2 Å². The number of amides is 1. The highest BCUT2D eigenvalue weighted by Gasteiger charge is 2.31. The van der Waals surface area contributed by atoms with Gasteiger partial charge in [-0.2, -0.15) is 14.6 Å². The lowest BCUT2D eigenvalue weighted by atomic mass is 9.96. The van der Waals surface area contributed by atoms with Crippen LogP contribution in [0.4, 0.5) is 5.82 Å². The molecule has 7 nitrogen and oxygen atoms in total. The van der Waals surface area contributed by atoms with E-state index in [1.807, 2.05) is 18.4 Å². The smallest absolute Gasteiger partial charge is 0.254 e. The summed E-state index contributed by atoms with van der Waals surface area (Å²) in [6, 6.07) is 0.181. The van der Waals surface area contributed by atoms with Gasteiger partial charge in [0.05, 0.1) is 11.6 Å². The van der Waals surface area contributed by atoms with Crippen LogP contribution in [0.1, 0.15) is 44.4 Å². The number of aryl methyl sites for hydroxylation is 1. The van der Waals surface area contributed by atoms with Crippen molar-refractivity contribution >= 4 is 17.5 Å². The van der Waals surface area contributed by atoms with Crippen LogP contribution in [-0.4, -0.2) is 44.6 Å². The third-order valence-corrected chi connectivity index (χ3v) is 4.95. The molecule has 1 N–H and O–H groups in total. The van der Waals surface area contributed by atoms with Crippen LogP contribution in [0.25, 0.3) is 5.78 Å². The predicted octanol–water partition coefficient (Wildman–Crippen LogP) is 1.35. The Bertz CT molecular complexity index is 768. The number of nitrogens with zero attached hydrogens (tertiary/aromatic N) is 5. The molecule has 2 aromatic heterocycles. The molecule has 0 bridgehead atoms. The quantitative estimate of drug-likeness (QED) is 0.920. The molecule has 128 valence electrons. The van der Waals surface area contributed by atoms with E-state index in [-0.39, 0.29) is 17.9 Å². The van der Waals surface area contributed by atoms with Crippen molar-refractivity contribution in [2.45, 2.75) is 52.0 Å². The molecule has 0 unspecified atom stereocenters. The summed E-state index contributed by atoms with van der Waals surface area (Å²) in [5.41, 5.74) is 2.44. The Morgan fingerprint density at radius 2 is 2.21 bits per heavy atom. The summed E-state index contributed by atoms with van der Waals surface area (Å²) in [6.07, 6.45) is 6.71. The lowest BCUT2D eigenvalue weighted by molar-refractivity contribution is -0.125. The van der Waals surface area contributed by atoms with Gasteiger partial charge in [0, 0.05) is 24.7 Å². The number of hydrogen-bond acceptors (Lipinski definition) is 5. The van der Waals surface area contributed by atoms with Gasteiger partial charge in [0.1, 0.15) is 12.1 Å². The first-order valence-electron chi connectivity index (χ1n) is 8.90. The number of carbonyl (C=O) groups is 1. The van der Waals surface area contributed by atoms with E-state index in [0.717, 1.165) is 56.7 Å². The second-order valence-electron chi connectivity index (χ2n) is 7.13. The third-order valence-electron chi connectivity index (χ3n) is 4.95. The maximum atomic E-state index is 12.4. The predicted molar refractivity (Wildman–Crippen MR) is 91.0 cm³/mol. The second kappa shape index (κ2) is 6.03. The Morgan fingerprint density at radius 3 is 3.04 bits per heavy atom. The average molecular weight is 328 g/mol. The van der Waals surface area contributed by atoms with Gasteiger partial charge in [0.2, 0.25) is 5.91 Å². The number of hydrogen-bond donors (Lipinski definition) is 1. The van der Waals surface area contributed by atoms with E-state index in [4.69, 9.17) is 0 Å². The van der Waals surface area contributed by atoms with Crippen molar-refractivity contribution in [3.8, 4) is 0 Å². The third kappa shape index (κ3) is 2.61. The largest absolute Gasteiger partial charge is 0.355 e. The van der Waals surface area contributed by atoms with Crippen LogP contribution in [0.5, 0.6) is 0 Å². The first kappa shape index (κ1) is 15.4. The summed E-state index contributed by atoms with van der Waals surface area (Å²) in [4.78, 5) is 23.7. The number of nitrogens with one attached hydrogen (secondary N) is 1. The van der Waals surface area contributed by atoms with Gasteiger partial charge < -0.3 is 10.2 Å². The Hall–Kier alpha value is -2.18. The molecule has 2 aliphatic rings. The monoisotopic (exact) mass is 328 g/mol. The standard InChI is InChI=1S/C17H24N6O/c1-11(2)20-15(24)12-5-4-8-22(9-12)16-13-6-3-7-14(13)21-17-18-10-19-23(16)17/h10-12H,3-9H2,1-2H3,(H,20,24)/t12-/m0/s1. The van der Waals surface area contributed by atoms with Gasteiger partial charge >= 0.3 is 0 Å². The van der Waals surface area contributed by atoms with Crippen LogP contribution in [0.2, 0.25) is 0 Å². The Morgan fingerprint density at radius 1 is 1.33 bits per heavy atom. The van der Waals surface area contributed by atoms with E-state index in [1.165, 1.54) is 5.56 Å². The molecule has 0 saturated carbocycles. The lowest BCUT2D eigenvalue weighted by Crippen LogP contribution is -2.45. The Kier molecular flexibility index (Phi) is 3.86. The van der Waals surface area contributed by atoms with Crippen molar-refractivity contribution in [1.82, 2.24) is 24.9 Å². The van der Waals surface area contributed by atoms with Crippen LogP contribution in [0.3, 0.4) is 0 Å². The fourth-order valence-electron chi connectivity index (χ4n) is 3.91. The molecule has 0 radical (unpaired) electrons. The molecule has 1 saturated heterocycles. The summed E-state index contributed by atoms with van der Waals surface area (Å²) in [5.74, 6) is 1.96. The summed E-state index contributed by atoms with van der Waals surface area (Å²) >= 11 is 0. The minimum absolute atomic E-state index is 0.0324. The number of rotatable bonds is 3. The number of fused-ring (bicyclic) bond motifs is 2. The number of piperidine rings is 1. The highest BCUT2D eigenvalue weighted by atomic mass is 16.2. The van der Waals surface area contributed by atoms with Crippen LogP contribution >= 0.6 is 0 Å². The van der Waals surface area contributed by atoms with Crippen molar-refractivity contribution in [2.75, 3.05) is 18.0 Å². The molecule has 1 fully saturated rings. The first-order chi connectivity index (χ1) is 11.6. The van der Waals surface area contributed by atoms with E-state index in [2.05, 4.69) is 25.3 Å². The van der Waals surface area contributed by atoms with Gasteiger partial charge in [-0.1, -0.05) is 0 Å². The maximum Gasteiger partial charge on any atom is 0.254 e. The van der Waals surface area contributed by atoms with E-state index in [1.54, 1.807) is 6.33 Å². The van der Waals surface area contributed by atoms with Gasteiger partial charge in [-0.05, 0) is 46.0 Å². The molecule has 0 spiro atoms. The zero-order valence-corrected chi connectivity index (χ0v) is 14.3. The van der Waals surface area contributed by atoms with Crippen molar-refractivity contribution < 1.29 is 4.79 Å². The molecule has 0 aromatic carbocycles. The van der Waals surface area contributed by atoms with E-state index in [0.29, 0.717) is 5.78 Å². The first-order valence-corrected chi connectivity index (χ1v) is 8.90. The lowest BCUT2D eigenvalue weighted by Gasteiger charge is -2.34. The minimum Gasteiger partial charge on any atom is -0.355 e. The fraction of sp³-hybridized carbons (Fsp3) is 0.647. The van der Waals surface area contributed by atoms with E-state index in [9.17, 15) is 4.79 Å². The Balaban J connectivity index is 1.67. The molecule has 1 atom stereocenters. The second-order valence-corrected chi connectivity index (χ2v) is 7.13. The average Bonchev–Trinajstić information content (AvgIpc) is 3.20. The maximum absolute atomic E-state index is 12.4. The molecule has 1 aliphatic carbocycles. The minimum atomic E-state index is 0.0324. The summed E-state index contributed by atoms with van der Waals surface area (Å²) in [5, 5.41) is 7.45. The Labute approximate surface area is 141 Å². The normalized spacial score (nSPS) is 20.6. The van der Waals surface area contributed by atoms with E-state index < -0.39 is 0 Å². The van der Waals surface area contributed by atoms with Crippen molar-refractivity contribution in [3.63, 3.8) is 0 Å². The van der Waals surface area contributed by atoms with Crippen molar-refractivity contribution in [3.05, 3.63) is 17.6 Å². The zero-order chi connectivity index (χ0) is 16.7. The summed E-state index contributed by atoms with van der Waals surface area (Å²) in [6.45, 7) is 5.71. The fourth-order valence-corrected chi connectivity index (χ4v) is 3.91. The van der Waals surface area contributed by atoms with Crippen LogP contribution in [-0.2, 0) is 17.6 Å². The van der Waals surface area contributed by atoms with Crippen molar-refractivity contribution in [2.24, 2.45) is 5.92 Å². The van der Waals surface area contributed by atoms with Gasteiger partial charge in [-0.15, -0.1) is 0 Å². The van der Waals surface area contributed by atoms with Gasteiger partial charge in [0.25, 0.3) is 5.78 Å². The summed E-state index contributed by atoms with van der Waals surface area (Å²) < 4.78 is 1.85. The number of carbonyl (C=O) groups excluding carboxylic acids is 1. The SMILES string of the molecule is CC(C)NC(=O)[C@H]1CCCN(c2c3c(nc4ncnn24)CCC3)C1. The molecule has 1 amide bonds. The molecule has 7 heteroatoms. The highest BCUT2D eigenvalue weighted by molar-refractivity contribution is 5.80. The van der Waals surface area contributed by atoms with Crippen LogP contribution in [0, 0.1) is 5.92 Å². The number of anilines is 1. The molecule has 3 heterocycles. The van der Waals surface area contributed by atoms with Gasteiger partial charge in [0.15, 0.2) is 0 Å². The molecule has 24 heavy (non-hydrogen) atoms. The molecular formula is C17H24N6O. The topological polar surface area (TPSA) is 75.4 Å². The highest BCUT2D eigenvalue weighted by Crippen LogP contribution is 2.32. The molecular weight excluding hydrogens is 304 g/mol. The molecule has 2 aromatic rings. The van der Waals surface area contributed by atoms with Gasteiger partial charge in [-0.3, -0.25) is 4.79 Å². The summed E-state index contributed by atoms with van der Waals surface area (Å²) in [7, 11) is 0. The van der Waals surface area contributed by atoms with Gasteiger partial charge in [-0.25, -0.2) is 4.98 Å². The zero-order valence-electron chi connectivity index (χ0n) is 14.3. The molecule has 4 rings (SSSR count). The molecule has 1 aliphatic heterocycles. The van der Waals surface area contributed by atoms with E-state index >= 15 is 0 Å². The van der Waals surface area contributed by atoms with Crippen molar-refractivity contribution in [1.29, 1.82) is 0 Å². The van der Waals surface area contributed by atoms with Crippen LogP contribution in [0.15, 0.2) is 6.33 Å².